The van der Waals surface area contributed by atoms with Crippen LogP contribution in [0, 0.1) is 17.3 Å². The normalized spacial score (nSPS) is 11.5. The van der Waals surface area contributed by atoms with E-state index in [1.54, 1.807) is 6.07 Å². The molecule has 29 heavy (non-hydrogen) atoms. The molecule has 0 fully saturated rings. The lowest BCUT2D eigenvalue weighted by Crippen LogP contribution is -2.20. The average molecular weight is 633 g/mol. The lowest BCUT2D eigenvalue weighted by molar-refractivity contribution is -0.385. The summed E-state index contributed by atoms with van der Waals surface area (Å²) < 4.78 is 45.3. The third-order valence-electron chi connectivity index (χ3n) is 3.59. The van der Waals surface area contributed by atoms with Crippen LogP contribution in [0.3, 0.4) is 0 Å². The predicted octanol–water partition coefficient (Wildman–Crippen LogP) is 4.52. The summed E-state index contributed by atoms with van der Waals surface area (Å²) in [5, 5.41) is 14.9. The van der Waals surface area contributed by atoms with Crippen LogP contribution in [0.1, 0.15) is 16.7 Å². The first-order valence-corrected chi connectivity index (χ1v) is 9.88. The first-order valence-electron chi connectivity index (χ1n) is 7.72. The van der Waals surface area contributed by atoms with Crippen molar-refractivity contribution in [2.75, 3.05) is 7.11 Å². The first-order chi connectivity index (χ1) is 13.5. The first kappa shape index (κ1) is 23.3. The highest BCUT2D eigenvalue weighted by atomic mass is 127. The second-order valence-corrected chi connectivity index (χ2v) is 7.99. The van der Waals surface area contributed by atoms with Gasteiger partial charge in [0.25, 0.3) is 5.69 Å². The number of nitro benzene ring substituents is 1. The van der Waals surface area contributed by atoms with Crippen LogP contribution < -0.4 is 10.2 Å². The van der Waals surface area contributed by atoms with Gasteiger partial charge in [-0.25, -0.2) is 5.43 Å². The molecule has 0 aliphatic rings. The minimum absolute atomic E-state index is 0.155. The Bertz CT molecular complexity index is 981. The lowest BCUT2D eigenvalue weighted by Gasteiger charge is -2.09. The summed E-state index contributed by atoms with van der Waals surface area (Å²) >= 11 is 4.20. The second kappa shape index (κ2) is 9.69. The monoisotopic (exact) mass is 633 g/mol. The van der Waals surface area contributed by atoms with E-state index in [0.717, 1.165) is 13.2 Å². The van der Waals surface area contributed by atoms with E-state index in [9.17, 15) is 28.1 Å². The van der Waals surface area contributed by atoms with E-state index < -0.39 is 34.7 Å². The van der Waals surface area contributed by atoms with Crippen LogP contribution >= 0.6 is 45.2 Å². The van der Waals surface area contributed by atoms with Gasteiger partial charge in [0.2, 0.25) is 5.91 Å². The van der Waals surface area contributed by atoms with Crippen LogP contribution in [0.4, 0.5) is 18.9 Å². The topological polar surface area (TPSA) is 93.8 Å². The molecule has 0 aliphatic heterocycles. The van der Waals surface area contributed by atoms with E-state index in [4.69, 9.17) is 4.74 Å². The summed E-state index contributed by atoms with van der Waals surface area (Å²) in [6.45, 7) is 0. The highest BCUT2D eigenvalue weighted by Crippen LogP contribution is 2.33. The lowest BCUT2D eigenvalue weighted by atomic mass is 10.1. The van der Waals surface area contributed by atoms with Crippen molar-refractivity contribution in [1.29, 1.82) is 0 Å². The summed E-state index contributed by atoms with van der Waals surface area (Å²) in [6.07, 6.45) is -3.88. The summed E-state index contributed by atoms with van der Waals surface area (Å²) in [5.74, 6) is -0.161. The molecule has 2 rings (SSSR count). The average Bonchev–Trinajstić information content (AvgIpc) is 2.60. The quantitative estimate of drug-likeness (QED) is 0.219. The van der Waals surface area contributed by atoms with Gasteiger partial charge in [0.05, 0.1) is 33.8 Å². The van der Waals surface area contributed by atoms with Gasteiger partial charge in [-0.3, -0.25) is 14.9 Å². The molecule has 0 spiro atoms. The number of nitrogens with one attached hydrogen (secondary N) is 1. The van der Waals surface area contributed by atoms with Crippen molar-refractivity contribution in [3.63, 3.8) is 0 Å². The van der Waals surface area contributed by atoms with Crippen molar-refractivity contribution in [3.05, 3.63) is 64.3 Å². The maximum atomic E-state index is 12.7. The van der Waals surface area contributed by atoms with Crippen molar-refractivity contribution >= 4 is 63.0 Å². The Labute approximate surface area is 190 Å². The van der Waals surface area contributed by atoms with Gasteiger partial charge in [-0.1, -0.05) is 6.07 Å². The predicted molar refractivity (Wildman–Crippen MR) is 116 cm³/mol. The third-order valence-corrected chi connectivity index (χ3v) is 5.02. The van der Waals surface area contributed by atoms with Crippen LogP contribution in [0.5, 0.6) is 5.75 Å². The molecule has 0 saturated heterocycles. The van der Waals surface area contributed by atoms with Crippen LogP contribution in [0.2, 0.25) is 0 Å². The fourth-order valence-corrected chi connectivity index (χ4v) is 4.45. The molecule has 1 N–H and O–H groups in total. The number of amides is 1. The largest absolute Gasteiger partial charge is 0.495 e. The number of alkyl halides is 3. The molecule has 0 aliphatic carbocycles. The molecule has 154 valence electrons. The molecule has 2 aromatic rings. The zero-order valence-corrected chi connectivity index (χ0v) is 18.9. The molecule has 0 atom stereocenters. The summed E-state index contributed by atoms with van der Waals surface area (Å²) in [6, 6.07) is 5.68. The number of carbonyl (C=O) groups excluding carboxylic acids is 1. The Morgan fingerprint density at radius 1 is 1.31 bits per heavy atom. The molecule has 0 heterocycles. The standard InChI is InChI=1S/C17H12F3I2N3O4/c1-29-16-10(4-12(21)7-13(16)22)8-23-24-15(26)5-9-2-3-11(17(18,19)20)6-14(9)25(27)28/h2-4,6-8H,5H2,1H3,(H,24,26). The fourth-order valence-electron chi connectivity index (χ4n) is 2.34. The maximum Gasteiger partial charge on any atom is 0.416 e. The number of carbonyl (C=O) groups is 1. The molecule has 7 nitrogen and oxygen atoms in total. The number of hydrogen-bond acceptors (Lipinski definition) is 5. The molecular weight excluding hydrogens is 621 g/mol. The Hall–Kier alpha value is -1.97. The zero-order chi connectivity index (χ0) is 21.8. The number of nitro groups is 1. The Morgan fingerprint density at radius 2 is 2.00 bits per heavy atom. The van der Waals surface area contributed by atoms with Crippen molar-refractivity contribution in [1.82, 2.24) is 5.43 Å². The highest BCUT2D eigenvalue weighted by molar-refractivity contribution is 14.1. The van der Waals surface area contributed by atoms with E-state index in [0.29, 0.717) is 23.4 Å². The molecule has 0 unspecified atom stereocenters. The second-order valence-electron chi connectivity index (χ2n) is 5.58. The molecule has 0 bridgehead atoms. The van der Waals surface area contributed by atoms with Crippen LogP contribution in [0.25, 0.3) is 0 Å². The molecule has 2 aromatic carbocycles. The van der Waals surface area contributed by atoms with Crippen molar-refractivity contribution in [2.45, 2.75) is 12.6 Å². The minimum atomic E-state index is -4.72. The maximum absolute atomic E-state index is 12.7. The molecule has 0 radical (unpaired) electrons. The van der Waals surface area contributed by atoms with Crippen LogP contribution in [-0.2, 0) is 17.4 Å². The minimum Gasteiger partial charge on any atom is -0.495 e. The Morgan fingerprint density at radius 3 is 2.59 bits per heavy atom. The highest BCUT2D eigenvalue weighted by Gasteiger charge is 2.33. The van der Waals surface area contributed by atoms with Crippen LogP contribution in [-0.4, -0.2) is 24.2 Å². The van der Waals surface area contributed by atoms with Gasteiger partial charge in [0.15, 0.2) is 0 Å². The van der Waals surface area contributed by atoms with Gasteiger partial charge in [-0.2, -0.15) is 18.3 Å². The number of halogens is 5. The molecule has 0 saturated carbocycles. The Kier molecular flexibility index (Phi) is 7.79. The van der Waals surface area contributed by atoms with Gasteiger partial charge in [-0.05, 0) is 63.4 Å². The van der Waals surface area contributed by atoms with Crippen molar-refractivity contribution in [2.24, 2.45) is 5.10 Å². The van der Waals surface area contributed by atoms with Crippen molar-refractivity contribution < 1.29 is 27.6 Å². The molecule has 1 amide bonds. The summed E-state index contributed by atoms with van der Waals surface area (Å²) in [4.78, 5) is 22.2. The van der Waals surface area contributed by atoms with E-state index in [1.165, 1.54) is 13.3 Å². The smallest absolute Gasteiger partial charge is 0.416 e. The van der Waals surface area contributed by atoms with E-state index in [2.05, 4.69) is 55.7 Å². The number of rotatable bonds is 6. The van der Waals surface area contributed by atoms with Gasteiger partial charge < -0.3 is 4.74 Å². The van der Waals surface area contributed by atoms with Crippen molar-refractivity contribution in [3.8, 4) is 5.75 Å². The Balaban J connectivity index is 2.16. The van der Waals surface area contributed by atoms with Gasteiger partial charge >= 0.3 is 6.18 Å². The number of nitrogens with zero attached hydrogens (tertiary/aromatic N) is 2. The van der Waals surface area contributed by atoms with E-state index in [-0.39, 0.29) is 5.56 Å². The van der Waals surface area contributed by atoms with E-state index >= 15 is 0 Å². The number of hydrazone groups is 1. The zero-order valence-electron chi connectivity index (χ0n) is 14.6. The number of hydrogen-bond donors (Lipinski definition) is 1. The fraction of sp³-hybridized carbons (Fsp3) is 0.176. The molecular formula is C17H12F3I2N3O4. The van der Waals surface area contributed by atoms with Gasteiger partial charge in [-0.15, -0.1) is 0 Å². The third kappa shape index (κ3) is 6.25. The SMILES string of the molecule is COc1c(I)cc(I)cc1C=NNC(=O)Cc1ccc(C(F)(F)F)cc1[N+](=O)[O-]. The number of methoxy groups -OCH3 is 1. The van der Waals surface area contributed by atoms with Gasteiger partial charge in [0, 0.05) is 20.8 Å². The summed E-state index contributed by atoms with van der Waals surface area (Å²) in [7, 11) is 1.49. The van der Waals surface area contributed by atoms with E-state index in [1.807, 2.05) is 6.07 Å². The van der Waals surface area contributed by atoms with Gasteiger partial charge in [0.1, 0.15) is 5.75 Å². The van der Waals surface area contributed by atoms with Crippen LogP contribution in [0.15, 0.2) is 35.4 Å². The number of ether oxygens (including phenoxy) is 1. The molecule has 0 aromatic heterocycles. The summed E-state index contributed by atoms with van der Waals surface area (Å²) in [5.41, 5.74) is 0.707. The number of benzene rings is 2. The molecule has 12 heteroatoms.